The number of nitrogens with two attached hydrogens (primary N) is 1. The van der Waals surface area contributed by atoms with E-state index in [1.165, 1.54) is 13.5 Å². The summed E-state index contributed by atoms with van der Waals surface area (Å²) >= 11 is 5.81. The highest BCUT2D eigenvalue weighted by atomic mass is 35.5. The molecule has 0 atom stereocenters. The lowest BCUT2D eigenvalue weighted by molar-refractivity contribution is 0.283. The van der Waals surface area contributed by atoms with Gasteiger partial charge in [0.05, 0.1) is 12.1 Å². The van der Waals surface area contributed by atoms with Gasteiger partial charge in [-0.2, -0.15) is 0 Å². The SMILES string of the molecule is COc1c(C2(CN)CCCCC2)ccc(Cl)c1F. The number of ether oxygens (including phenoxy) is 1. The quantitative estimate of drug-likeness (QED) is 0.911. The van der Waals surface area contributed by atoms with Crippen LogP contribution >= 0.6 is 11.6 Å². The van der Waals surface area contributed by atoms with E-state index in [1.807, 2.05) is 6.07 Å². The minimum Gasteiger partial charge on any atom is -0.493 e. The maximum absolute atomic E-state index is 14.0. The van der Waals surface area contributed by atoms with Crippen LogP contribution in [0.25, 0.3) is 0 Å². The maximum atomic E-state index is 14.0. The van der Waals surface area contributed by atoms with Gasteiger partial charge in [0, 0.05) is 17.5 Å². The number of methoxy groups -OCH3 is 1. The molecule has 0 aliphatic heterocycles. The molecule has 1 aromatic rings. The van der Waals surface area contributed by atoms with Gasteiger partial charge in [-0.25, -0.2) is 4.39 Å². The molecule has 0 spiro atoms. The van der Waals surface area contributed by atoms with Gasteiger partial charge in [-0.1, -0.05) is 36.9 Å². The smallest absolute Gasteiger partial charge is 0.183 e. The van der Waals surface area contributed by atoms with Gasteiger partial charge in [0.25, 0.3) is 0 Å². The minimum atomic E-state index is -0.477. The van der Waals surface area contributed by atoms with Crippen LogP contribution in [0, 0.1) is 5.82 Å². The summed E-state index contributed by atoms with van der Waals surface area (Å²) in [7, 11) is 1.48. The number of hydrogen-bond donors (Lipinski definition) is 1. The van der Waals surface area contributed by atoms with Crippen molar-refractivity contribution in [3.05, 3.63) is 28.5 Å². The van der Waals surface area contributed by atoms with Crippen molar-refractivity contribution in [3.63, 3.8) is 0 Å². The van der Waals surface area contributed by atoms with Gasteiger partial charge in [-0.15, -0.1) is 0 Å². The molecule has 0 heterocycles. The normalized spacial score (nSPS) is 18.7. The Hall–Kier alpha value is -0.800. The first-order chi connectivity index (χ1) is 8.64. The molecule has 0 amide bonds. The second-order valence-corrected chi connectivity index (χ2v) is 5.39. The summed E-state index contributed by atoms with van der Waals surface area (Å²) < 4.78 is 19.2. The van der Waals surface area contributed by atoms with Crippen LogP contribution in [0.1, 0.15) is 37.7 Å². The molecule has 1 aliphatic carbocycles. The Kier molecular flexibility index (Phi) is 4.13. The Balaban J connectivity index is 2.51. The summed E-state index contributed by atoms with van der Waals surface area (Å²) in [5, 5.41) is 0.0959. The third kappa shape index (κ3) is 2.21. The molecule has 1 aliphatic rings. The lowest BCUT2D eigenvalue weighted by atomic mass is 9.69. The number of hydrogen-bond acceptors (Lipinski definition) is 2. The van der Waals surface area contributed by atoms with Crippen molar-refractivity contribution < 1.29 is 9.13 Å². The Labute approximate surface area is 112 Å². The first-order valence-electron chi connectivity index (χ1n) is 6.37. The fourth-order valence-electron chi connectivity index (χ4n) is 2.96. The molecule has 0 unspecified atom stereocenters. The van der Waals surface area contributed by atoms with E-state index in [1.54, 1.807) is 6.07 Å². The predicted molar refractivity (Wildman–Crippen MR) is 71.8 cm³/mol. The lowest BCUT2D eigenvalue weighted by Crippen LogP contribution is -2.37. The maximum Gasteiger partial charge on any atom is 0.183 e. The van der Waals surface area contributed by atoms with Gasteiger partial charge in [0.1, 0.15) is 0 Å². The van der Waals surface area contributed by atoms with Crippen molar-refractivity contribution in [2.24, 2.45) is 5.73 Å². The average Bonchev–Trinajstić information content (AvgIpc) is 2.42. The van der Waals surface area contributed by atoms with Gasteiger partial charge < -0.3 is 10.5 Å². The van der Waals surface area contributed by atoms with Crippen molar-refractivity contribution in [1.82, 2.24) is 0 Å². The molecule has 4 heteroatoms. The topological polar surface area (TPSA) is 35.2 Å². The molecule has 1 fully saturated rings. The fraction of sp³-hybridized carbons (Fsp3) is 0.571. The van der Waals surface area contributed by atoms with Crippen LogP contribution in [0.4, 0.5) is 4.39 Å². The zero-order valence-corrected chi connectivity index (χ0v) is 11.4. The first kappa shape index (κ1) is 13.6. The summed E-state index contributed by atoms with van der Waals surface area (Å²) in [5.41, 5.74) is 6.68. The van der Waals surface area contributed by atoms with Gasteiger partial charge in [0.2, 0.25) is 0 Å². The van der Waals surface area contributed by atoms with Crippen LogP contribution in [0.2, 0.25) is 5.02 Å². The zero-order chi connectivity index (χ0) is 13.2. The number of halogens is 2. The van der Waals surface area contributed by atoms with E-state index in [2.05, 4.69) is 0 Å². The molecule has 2 rings (SSSR count). The minimum absolute atomic E-state index is 0.0959. The molecule has 0 saturated heterocycles. The summed E-state index contributed by atoms with van der Waals surface area (Å²) in [6.45, 7) is 0.518. The highest BCUT2D eigenvalue weighted by Crippen LogP contribution is 2.44. The van der Waals surface area contributed by atoms with Crippen LogP contribution in [-0.4, -0.2) is 13.7 Å². The Morgan fingerprint density at radius 3 is 2.56 bits per heavy atom. The summed E-state index contributed by atoms with van der Waals surface area (Å²) in [5.74, 6) is -0.218. The van der Waals surface area contributed by atoms with E-state index in [0.717, 1.165) is 31.2 Å². The van der Waals surface area contributed by atoms with Crippen LogP contribution in [0.15, 0.2) is 12.1 Å². The summed E-state index contributed by atoms with van der Waals surface area (Å²) in [4.78, 5) is 0. The molecule has 0 aromatic heterocycles. The van der Waals surface area contributed by atoms with Crippen LogP contribution in [0.3, 0.4) is 0 Å². The van der Waals surface area contributed by atoms with E-state index in [-0.39, 0.29) is 16.2 Å². The van der Waals surface area contributed by atoms with E-state index in [0.29, 0.717) is 6.54 Å². The third-order valence-electron chi connectivity index (χ3n) is 4.03. The van der Waals surface area contributed by atoms with Crippen molar-refractivity contribution in [2.75, 3.05) is 13.7 Å². The Bertz CT molecular complexity index is 430. The average molecular weight is 272 g/mol. The fourth-order valence-corrected chi connectivity index (χ4v) is 3.11. The highest BCUT2D eigenvalue weighted by Gasteiger charge is 2.36. The van der Waals surface area contributed by atoms with E-state index < -0.39 is 5.82 Å². The van der Waals surface area contributed by atoms with E-state index >= 15 is 0 Å². The second-order valence-electron chi connectivity index (χ2n) is 4.99. The zero-order valence-electron chi connectivity index (χ0n) is 10.6. The number of benzene rings is 1. The largest absolute Gasteiger partial charge is 0.493 e. The van der Waals surface area contributed by atoms with Crippen molar-refractivity contribution in [1.29, 1.82) is 0 Å². The van der Waals surface area contributed by atoms with Crippen molar-refractivity contribution in [2.45, 2.75) is 37.5 Å². The van der Waals surface area contributed by atoms with Gasteiger partial charge in [0.15, 0.2) is 11.6 Å². The monoisotopic (exact) mass is 271 g/mol. The summed E-state index contributed by atoms with van der Waals surface area (Å²) in [6, 6.07) is 3.46. The molecular weight excluding hydrogens is 253 g/mol. The van der Waals surface area contributed by atoms with E-state index in [9.17, 15) is 4.39 Å². The third-order valence-corrected chi connectivity index (χ3v) is 4.32. The Morgan fingerprint density at radius 2 is 2.00 bits per heavy atom. The molecule has 1 aromatic carbocycles. The van der Waals surface area contributed by atoms with Crippen molar-refractivity contribution >= 4 is 11.6 Å². The van der Waals surface area contributed by atoms with Crippen LogP contribution in [0.5, 0.6) is 5.75 Å². The number of rotatable bonds is 3. The molecule has 0 bridgehead atoms. The van der Waals surface area contributed by atoms with Gasteiger partial charge in [-0.3, -0.25) is 0 Å². The van der Waals surface area contributed by atoms with Crippen LogP contribution in [-0.2, 0) is 5.41 Å². The molecule has 2 N–H and O–H groups in total. The molecule has 2 nitrogen and oxygen atoms in total. The molecule has 18 heavy (non-hydrogen) atoms. The summed E-state index contributed by atoms with van der Waals surface area (Å²) in [6.07, 6.45) is 5.46. The lowest BCUT2D eigenvalue weighted by Gasteiger charge is -2.37. The standard InChI is InChI=1S/C14H19ClFNO/c1-18-13-10(5-6-11(15)12(13)16)14(9-17)7-3-2-4-8-14/h5-6H,2-4,7-9,17H2,1H3. The van der Waals surface area contributed by atoms with Gasteiger partial charge >= 0.3 is 0 Å². The van der Waals surface area contributed by atoms with Crippen molar-refractivity contribution in [3.8, 4) is 5.75 Å². The Morgan fingerprint density at radius 1 is 1.33 bits per heavy atom. The molecular formula is C14H19ClFNO. The molecule has 0 radical (unpaired) electrons. The van der Waals surface area contributed by atoms with Crippen LogP contribution < -0.4 is 10.5 Å². The predicted octanol–water partition coefficient (Wildman–Crippen LogP) is 3.65. The molecule has 100 valence electrons. The second kappa shape index (κ2) is 5.45. The highest BCUT2D eigenvalue weighted by molar-refractivity contribution is 6.30. The van der Waals surface area contributed by atoms with Gasteiger partial charge in [-0.05, 0) is 18.9 Å². The first-order valence-corrected chi connectivity index (χ1v) is 6.75. The molecule has 1 saturated carbocycles. The van der Waals surface area contributed by atoms with E-state index in [4.69, 9.17) is 22.1 Å².